The van der Waals surface area contributed by atoms with Gasteiger partial charge in [0.2, 0.25) is 0 Å². The molecule has 2 aromatic carbocycles. The number of fused-ring (bicyclic) bond motifs is 1. The quantitative estimate of drug-likeness (QED) is 0.228. The Kier molecular flexibility index (Phi) is 9.16. The number of carbonyl (C=O) groups is 2. The van der Waals surface area contributed by atoms with Gasteiger partial charge < -0.3 is 14.4 Å². The number of aromatic nitrogens is 2. The molecule has 1 unspecified atom stereocenters. The third kappa shape index (κ3) is 7.38. The number of anilines is 1. The third-order valence-corrected chi connectivity index (χ3v) is 10.5. The predicted octanol–water partition coefficient (Wildman–Crippen LogP) is 7.24. The van der Waals surface area contributed by atoms with E-state index in [1.165, 1.54) is 29.9 Å². The van der Waals surface area contributed by atoms with Crippen LogP contribution in [0.15, 0.2) is 35.2 Å². The van der Waals surface area contributed by atoms with Crippen LogP contribution in [0.25, 0.3) is 11.0 Å². The van der Waals surface area contributed by atoms with Gasteiger partial charge in [0.15, 0.2) is 9.84 Å². The monoisotopic (exact) mass is 685 g/mol. The zero-order chi connectivity index (χ0) is 32.9. The van der Waals surface area contributed by atoms with Gasteiger partial charge in [-0.1, -0.05) is 35.3 Å². The van der Waals surface area contributed by atoms with Gasteiger partial charge in [0.05, 0.1) is 51.3 Å². The summed E-state index contributed by atoms with van der Waals surface area (Å²) in [7, 11) is -2.27. The lowest BCUT2D eigenvalue weighted by molar-refractivity contribution is -0.140. The summed E-state index contributed by atoms with van der Waals surface area (Å²) in [4.78, 5) is 33.1. The molecule has 1 aromatic heterocycles. The van der Waals surface area contributed by atoms with Crippen molar-refractivity contribution in [3.05, 3.63) is 51.8 Å². The Balaban J connectivity index is 1.67. The van der Waals surface area contributed by atoms with Crippen LogP contribution in [0.1, 0.15) is 70.2 Å². The molecule has 0 N–H and O–H groups in total. The molecular formula is C31H35Cl2F2N3O6S. The molecule has 14 heteroatoms. The lowest BCUT2D eigenvalue weighted by Crippen LogP contribution is -2.39. The summed E-state index contributed by atoms with van der Waals surface area (Å²) in [5.41, 5.74) is 0.200. The highest BCUT2D eigenvalue weighted by Crippen LogP contribution is 2.44. The predicted molar refractivity (Wildman–Crippen MR) is 167 cm³/mol. The lowest BCUT2D eigenvalue weighted by Gasteiger charge is -2.34. The number of methoxy groups -OCH3 is 1. The molecule has 2 fully saturated rings. The van der Waals surface area contributed by atoms with E-state index < -0.39 is 39.3 Å². The summed E-state index contributed by atoms with van der Waals surface area (Å²) in [5.74, 6) is -3.99. The highest BCUT2D eigenvalue weighted by Gasteiger charge is 2.37. The van der Waals surface area contributed by atoms with E-state index in [4.69, 9.17) is 37.7 Å². The van der Waals surface area contributed by atoms with Crippen LogP contribution in [0.3, 0.4) is 0 Å². The minimum atomic E-state index is -3.50. The zero-order valence-electron chi connectivity index (χ0n) is 25.4. The van der Waals surface area contributed by atoms with Crippen LogP contribution in [0, 0.1) is 5.92 Å². The largest absolute Gasteiger partial charge is 0.469 e. The van der Waals surface area contributed by atoms with Crippen LogP contribution < -0.4 is 4.90 Å². The van der Waals surface area contributed by atoms with Gasteiger partial charge in [-0.15, -0.1) is 0 Å². The molecule has 9 nitrogen and oxygen atoms in total. The molecule has 5 rings (SSSR count). The van der Waals surface area contributed by atoms with Gasteiger partial charge in [-0.05, 0) is 63.3 Å². The molecular weight excluding hydrogens is 651 g/mol. The summed E-state index contributed by atoms with van der Waals surface area (Å²) in [6.07, 6.45) is -0.0886. The Morgan fingerprint density at radius 3 is 2.29 bits per heavy atom. The number of carbonyl (C=O) groups excluding carboxylic acids is 2. The van der Waals surface area contributed by atoms with Gasteiger partial charge in [-0.25, -0.2) is 31.5 Å². The topological polar surface area (TPSA) is 108 Å². The molecule has 1 atom stereocenters. The third-order valence-electron chi connectivity index (χ3n) is 7.93. The number of sulfone groups is 1. The molecule has 1 saturated heterocycles. The summed E-state index contributed by atoms with van der Waals surface area (Å²) in [6, 6.07) is 7.62. The van der Waals surface area contributed by atoms with Crippen molar-refractivity contribution < 1.29 is 36.3 Å². The maximum Gasteiger partial charge on any atom is 0.420 e. The van der Waals surface area contributed by atoms with E-state index in [9.17, 15) is 26.8 Å². The molecule has 0 amide bonds. The number of benzene rings is 2. The fourth-order valence-corrected chi connectivity index (χ4v) is 7.92. The molecule has 0 radical (unpaired) electrons. The Morgan fingerprint density at radius 1 is 1.11 bits per heavy atom. The van der Waals surface area contributed by atoms with Gasteiger partial charge in [0.1, 0.15) is 16.9 Å². The second-order valence-electron chi connectivity index (χ2n) is 12.6. The number of alkyl halides is 2. The standard InChI is InChI=1S/C31H35Cl2F2N3O6S/c1-30(2,3)44-29(40)38-27-23(16-22(32)26(25(27)33)37-13-11-31(34,35)12-14-37)36-28(38)21(15-24(39)43-4)19-7-9-20(10-8-19)45(41,42)17-18-5-6-18/h7-10,16,18,21H,5-6,11-15,17H2,1-4H3. The van der Waals surface area contributed by atoms with Crippen LogP contribution in [-0.4, -0.2) is 67.5 Å². The number of ether oxygens (including phenoxy) is 2. The average Bonchev–Trinajstić information content (AvgIpc) is 3.67. The summed E-state index contributed by atoms with van der Waals surface area (Å²) >= 11 is 13.6. The SMILES string of the molecule is COC(=O)CC(c1ccc(S(=O)(=O)CC2CC2)cc1)c1nc2cc(Cl)c(N3CCC(F)(F)CC3)c(Cl)c2n1C(=O)OC(C)(C)C. The first-order valence-corrected chi connectivity index (χ1v) is 17.1. The van der Waals surface area contributed by atoms with Crippen molar-refractivity contribution in [2.24, 2.45) is 5.92 Å². The number of nitrogens with zero attached hydrogens (tertiary/aromatic N) is 3. The highest BCUT2D eigenvalue weighted by molar-refractivity contribution is 7.91. The van der Waals surface area contributed by atoms with E-state index in [-0.39, 0.29) is 81.5 Å². The number of hydrogen-bond donors (Lipinski definition) is 0. The Morgan fingerprint density at radius 2 is 1.73 bits per heavy atom. The lowest BCUT2D eigenvalue weighted by atomic mass is 9.95. The van der Waals surface area contributed by atoms with E-state index in [0.29, 0.717) is 5.56 Å². The number of esters is 1. The average molecular weight is 687 g/mol. The summed E-state index contributed by atoms with van der Waals surface area (Å²) in [6.45, 7) is 5.05. The van der Waals surface area contributed by atoms with Gasteiger partial charge in [0, 0.05) is 25.9 Å². The van der Waals surface area contributed by atoms with E-state index in [0.717, 1.165) is 12.8 Å². The summed E-state index contributed by atoms with van der Waals surface area (Å²) in [5, 5.41) is 0.179. The molecule has 2 heterocycles. The molecule has 1 aliphatic heterocycles. The van der Waals surface area contributed by atoms with Crippen molar-refractivity contribution in [3.8, 4) is 0 Å². The van der Waals surface area contributed by atoms with E-state index in [2.05, 4.69) is 0 Å². The minimum absolute atomic E-state index is 0.00759. The smallest absolute Gasteiger partial charge is 0.420 e. The fraction of sp³-hybridized carbons (Fsp3) is 0.516. The minimum Gasteiger partial charge on any atom is -0.469 e. The number of imidazole rings is 1. The summed E-state index contributed by atoms with van der Waals surface area (Å²) < 4.78 is 65.6. The molecule has 1 aliphatic carbocycles. The van der Waals surface area contributed by atoms with Gasteiger partial charge >= 0.3 is 12.1 Å². The van der Waals surface area contributed by atoms with E-state index >= 15 is 0 Å². The van der Waals surface area contributed by atoms with Crippen molar-refractivity contribution >= 4 is 61.8 Å². The maximum atomic E-state index is 14.0. The first-order valence-electron chi connectivity index (χ1n) is 14.7. The Labute approximate surface area is 270 Å². The molecule has 45 heavy (non-hydrogen) atoms. The van der Waals surface area contributed by atoms with Crippen molar-refractivity contribution in [1.29, 1.82) is 0 Å². The second-order valence-corrected chi connectivity index (χ2v) is 15.5. The molecule has 0 bridgehead atoms. The van der Waals surface area contributed by atoms with Crippen LogP contribution in [0.4, 0.5) is 19.3 Å². The highest BCUT2D eigenvalue weighted by atomic mass is 35.5. The Bertz CT molecular complexity index is 1720. The number of piperidine rings is 1. The molecule has 3 aromatic rings. The van der Waals surface area contributed by atoms with Gasteiger partial charge in [0.25, 0.3) is 5.92 Å². The number of rotatable bonds is 8. The Hall–Kier alpha value is -2.96. The molecule has 244 valence electrons. The first kappa shape index (κ1) is 33.4. The number of hydrogen-bond acceptors (Lipinski definition) is 8. The van der Waals surface area contributed by atoms with Crippen molar-refractivity contribution in [3.63, 3.8) is 0 Å². The second kappa shape index (κ2) is 12.3. The molecule has 1 saturated carbocycles. The van der Waals surface area contributed by atoms with E-state index in [1.807, 2.05) is 0 Å². The van der Waals surface area contributed by atoms with E-state index in [1.54, 1.807) is 37.8 Å². The first-order chi connectivity index (χ1) is 21.0. The van der Waals surface area contributed by atoms with Crippen LogP contribution in [0.5, 0.6) is 0 Å². The fourth-order valence-electron chi connectivity index (χ4n) is 5.45. The normalized spacial score (nSPS) is 17.7. The molecule has 2 aliphatic rings. The van der Waals surface area contributed by atoms with Crippen LogP contribution in [0.2, 0.25) is 10.0 Å². The van der Waals surface area contributed by atoms with Gasteiger partial charge in [-0.3, -0.25) is 4.79 Å². The van der Waals surface area contributed by atoms with Crippen LogP contribution in [-0.2, 0) is 24.1 Å². The van der Waals surface area contributed by atoms with Crippen molar-refractivity contribution in [2.45, 2.75) is 75.2 Å². The van der Waals surface area contributed by atoms with Crippen LogP contribution >= 0.6 is 23.2 Å². The van der Waals surface area contributed by atoms with Crippen molar-refractivity contribution in [1.82, 2.24) is 9.55 Å². The maximum absolute atomic E-state index is 14.0. The van der Waals surface area contributed by atoms with Crippen molar-refractivity contribution in [2.75, 3.05) is 30.9 Å². The molecule has 0 spiro atoms. The number of halogens is 4. The van der Waals surface area contributed by atoms with Gasteiger partial charge in [-0.2, -0.15) is 0 Å². The zero-order valence-corrected chi connectivity index (χ0v) is 27.7.